The van der Waals surface area contributed by atoms with Crippen LogP contribution in [0.3, 0.4) is 0 Å². The molecule has 8 heteroatoms. The molecule has 0 unspecified atom stereocenters. The van der Waals surface area contributed by atoms with Crippen LogP contribution in [0.2, 0.25) is 0 Å². The number of benzene rings is 4. The smallest absolute Gasteiger partial charge is 0.145 e. The maximum Gasteiger partial charge on any atom is 0.145 e. The van der Waals surface area contributed by atoms with E-state index in [1.807, 2.05) is 42.5 Å². The molecule has 36 heavy (non-hydrogen) atoms. The van der Waals surface area contributed by atoms with Gasteiger partial charge in [-0.25, -0.2) is 0 Å². The lowest BCUT2D eigenvalue weighted by molar-refractivity contribution is 0.415. The molecule has 2 N–H and O–H groups in total. The third kappa shape index (κ3) is 5.95. The molecule has 6 nitrogen and oxygen atoms in total. The van der Waals surface area contributed by atoms with E-state index in [0.717, 1.165) is 20.1 Å². The Morgan fingerprint density at radius 1 is 0.611 bits per heavy atom. The molecule has 0 amide bonds. The summed E-state index contributed by atoms with van der Waals surface area (Å²) in [6.45, 7) is 0. The standard InChI is InChI=1S/C28H22Br2N2O4/c1-35-27-12-17(4-8-23(27)31-15-19-3-6-22(30)14-26(19)34)18-5-9-24(28(13-18)36-2)32-16-20-11-21(29)7-10-25(20)33/h3-16,33-34H,1-2H3. The third-order valence-electron chi connectivity index (χ3n) is 5.36. The second kappa shape index (κ2) is 11.4. The summed E-state index contributed by atoms with van der Waals surface area (Å²) < 4.78 is 12.8. The van der Waals surface area contributed by atoms with Crippen LogP contribution in [0.5, 0.6) is 23.0 Å². The zero-order valence-corrected chi connectivity index (χ0v) is 22.6. The number of nitrogens with zero attached hydrogens (tertiary/aromatic N) is 2. The summed E-state index contributed by atoms with van der Waals surface area (Å²) in [6, 6.07) is 21.8. The fraction of sp³-hybridized carbons (Fsp3) is 0.0714. The molecule has 0 aliphatic heterocycles. The Morgan fingerprint density at radius 3 is 1.69 bits per heavy atom. The van der Waals surface area contributed by atoms with Crippen molar-refractivity contribution in [3.05, 3.63) is 92.9 Å². The zero-order chi connectivity index (χ0) is 25.7. The van der Waals surface area contributed by atoms with Gasteiger partial charge in [0.15, 0.2) is 0 Å². The summed E-state index contributed by atoms with van der Waals surface area (Å²) in [6.07, 6.45) is 3.19. The number of hydrogen-bond acceptors (Lipinski definition) is 6. The summed E-state index contributed by atoms with van der Waals surface area (Å²) >= 11 is 6.73. The molecular weight excluding hydrogens is 588 g/mol. The van der Waals surface area contributed by atoms with Gasteiger partial charge in [-0.2, -0.15) is 0 Å². The highest BCUT2D eigenvalue weighted by atomic mass is 79.9. The van der Waals surface area contributed by atoms with Gasteiger partial charge in [-0.15, -0.1) is 0 Å². The molecule has 4 aromatic rings. The van der Waals surface area contributed by atoms with Crippen molar-refractivity contribution in [2.75, 3.05) is 14.2 Å². The molecule has 0 aliphatic carbocycles. The first-order valence-corrected chi connectivity index (χ1v) is 12.4. The molecule has 0 radical (unpaired) electrons. The van der Waals surface area contributed by atoms with Crippen LogP contribution >= 0.6 is 31.9 Å². The first-order valence-electron chi connectivity index (χ1n) is 10.8. The van der Waals surface area contributed by atoms with Gasteiger partial charge < -0.3 is 19.7 Å². The minimum Gasteiger partial charge on any atom is -0.507 e. The number of rotatable bonds is 7. The van der Waals surface area contributed by atoms with E-state index in [4.69, 9.17) is 9.47 Å². The van der Waals surface area contributed by atoms with Gasteiger partial charge in [-0.05, 0) is 71.8 Å². The van der Waals surface area contributed by atoms with E-state index in [1.54, 1.807) is 57.0 Å². The fourth-order valence-corrected chi connectivity index (χ4v) is 4.19. The van der Waals surface area contributed by atoms with Crippen molar-refractivity contribution in [3.63, 3.8) is 0 Å². The van der Waals surface area contributed by atoms with E-state index >= 15 is 0 Å². The number of aliphatic imine (C=N–C) groups is 2. The monoisotopic (exact) mass is 608 g/mol. The van der Waals surface area contributed by atoms with Crippen molar-refractivity contribution in [3.8, 4) is 34.1 Å². The third-order valence-corrected chi connectivity index (χ3v) is 6.35. The number of phenols is 2. The Kier molecular flexibility index (Phi) is 8.07. The summed E-state index contributed by atoms with van der Waals surface area (Å²) in [5.74, 6) is 1.45. The van der Waals surface area contributed by atoms with Crippen LogP contribution in [0.25, 0.3) is 11.1 Å². The molecule has 0 spiro atoms. The average Bonchev–Trinajstić information content (AvgIpc) is 2.88. The Bertz CT molecular complexity index is 1470. The number of methoxy groups -OCH3 is 2. The summed E-state index contributed by atoms with van der Waals surface area (Å²) in [5, 5.41) is 20.2. The lowest BCUT2D eigenvalue weighted by Crippen LogP contribution is -1.89. The highest BCUT2D eigenvalue weighted by Gasteiger charge is 2.10. The maximum atomic E-state index is 10.1. The molecule has 0 atom stereocenters. The van der Waals surface area contributed by atoms with Gasteiger partial charge in [0.1, 0.15) is 34.4 Å². The SMILES string of the molecule is COc1cc(-c2ccc(N=Cc3cc(Br)ccc3O)c(OC)c2)ccc1N=Cc1ccc(Br)cc1O. The summed E-state index contributed by atoms with van der Waals surface area (Å²) in [7, 11) is 3.18. The first-order chi connectivity index (χ1) is 17.4. The Hall–Kier alpha value is -3.62. The second-order valence-corrected chi connectivity index (χ2v) is 9.53. The summed E-state index contributed by atoms with van der Waals surface area (Å²) in [5.41, 5.74) is 4.27. The zero-order valence-electron chi connectivity index (χ0n) is 19.4. The molecular formula is C28H22Br2N2O4. The van der Waals surface area contributed by atoms with Crippen molar-refractivity contribution in [2.24, 2.45) is 9.98 Å². The van der Waals surface area contributed by atoms with Gasteiger partial charge >= 0.3 is 0 Å². The fourth-order valence-electron chi connectivity index (χ4n) is 3.46. The van der Waals surface area contributed by atoms with Crippen LogP contribution < -0.4 is 9.47 Å². The average molecular weight is 610 g/mol. The van der Waals surface area contributed by atoms with Crippen LogP contribution in [0, 0.1) is 0 Å². The number of aromatic hydroxyl groups is 2. The van der Waals surface area contributed by atoms with Crippen molar-refractivity contribution < 1.29 is 19.7 Å². The van der Waals surface area contributed by atoms with E-state index in [1.165, 1.54) is 0 Å². The van der Waals surface area contributed by atoms with Crippen LogP contribution in [-0.4, -0.2) is 36.9 Å². The summed E-state index contributed by atoms with van der Waals surface area (Å²) in [4.78, 5) is 8.99. The molecule has 0 bridgehead atoms. The van der Waals surface area contributed by atoms with Gasteiger partial charge in [-0.3, -0.25) is 9.98 Å². The molecule has 4 aromatic carbocycles. The minimum absolute atomic E-state index is 0.133. The van der Waals surface area contributed by atoms with E-state index in [0.29, 0.717) is 34.0 Å². The molecule has 0 fully saturated rings. The first kappa shape index (κ1) is 25.5. The molecule has 182 valence electrons. The van der Waals surface area contributed by atoms with E-state index in [9.17, 15) is 10.2 Å². The number of phenolic OH excluding ortho intramolecular Hbond substituents is 2. The van der Waals surface area contributed by atoms with Crippen LogP contribution in [0.15, 0.2) is 91.7 Å². The quantitative estimate of drug-likeness (QED) is 0.209. The molecule has 4 rings (SSSR count). The lowest BCUT2D eigenvalue weighted by atomic mass is 10.0. The van der Waals surface area contributed by atoms with Crippen molar-refractivity contribution in [1.82, 2.24) is 0 Å². The van der Waals surface area contributed by atoms with Gasteiger partial charge in [0.2, 0.25) is 0 Å². The lowest BCUT2D eigenvalue weighted by Gasteiger charge is -2.11. The van der Waals surface area contributed by atoms with E-state index < -0.39 is 0 Å². The minimum atomic E-state index is 0.133. The van der Waals surface area contributed by atoms with Gasteiger partial charge in [-0.1, -0.05) is 44.0 Å². The van der Waals surface area contributed by atoms with Crippen LogP contribution in [0.4, 0.5) is 11.4 Å². The number of halogens is 2. The Morgan fingerprint density at radius 2 is 1.14 bits per heavy atom. The molecule has 0 saturated carbocycles. The highest BCUT2D eigenvalue weighted by Crippen LogP contribution is 2.37. The predicted octanol–water partition coefficient (Wildman–Crippen LogP) is 7.81. The molecule has 0 aliphatic rings. The second-order valence-electron chi connectivity index (χ2n) is 7.70. The molecule has 0 saturated heterocycles. The highest BCUT2D eigenvalue weighted by molar-refractivity contribution is 9.10. The van der Waals surface area contributed by atoms with Crippen LogP contribution in [-0.2, 0) is 0 Å². The van der Waals surface area contributed by atoms with Crippen molar-refractivity contribution >= 4 is 55.7 Å². The van der Waals surface area contributed by atoms with E-state index in [-0.39, 0.29) is 11.5 Å². The van der Waals surface area contributed by atoms with Crippen LogP contribution in [0.1, 0.15) is 11.1 Å². The topological polar surface area (TPSA) is 83.6 Å². The Labute approximate surface area is 225 Å². The van der Waals surface area contributed by atoms with Crippen molar-refractivity contribution in [2.45, 2.75) is 0 Å². The Balaban J connectivity index is 1.61. The maximum absolute atomic E-state index is 10.1. The normalized spacial score (nSPS) is 11.3. The van der Waals surface area contributed by atoms with Crippen molar-refractivity contribution in [1.29, 1.82) is 0 Å². The number of hydrogen-bond donors (Lipinski definition) is 2. The molecule has 0 aromatic heterocycles. The van der Waals surface area contributed by atoms with E-state index in [2.05, 4.69) is 41.8 Å². The number of ether oxygens (including phenoxy) is 2. The van der Waals surface area contributed by atoms with Gasteiger partial charge in [0, 0.05) is 32.5 Å². The van der Waals surface area contributed by atoms with Gasteiger partial charge in [0.05, 0.1) is 14.2 Å². The largest absolute Gasteiger partial charge is 0.507 e. The molecule has 0 heterocycles. The van der Waals surface area contributed by atoms with Gasteiger partial charge in [0.25, 0.3) is 0 Å². The predicted molar refractivity (Wildman–Crippen MR) is 151 cm³/mol.